The van der Waals surface area contributed by atoms with Crippen molar-refractivity contribution < 1.29 is 9.84 Å². The summed E-state index contributed by atoms with van der Waals surface area (Å²) in [7, 11) is 0. The van der Waals surface area contributed by atoms with Crippen molar-refractivity contribution in [3.63, 3.8) is 0 Å². The SMILES string of the molecule is CCCCCCCCCCCCCCCCCOC(O)=C1C=CC=C1. The van der Waals surface area contributed by atoms with Gasteiger partial charge in [0, 0.05) is 0 Å². The first-order valence-electron chi connectivity index (χ1n) is 10.8. The third kappa shape index (κ3) is 12.8. The smallest absolute Gasteiger partial charge is 0.284 e. The summed E-state index contributed by atoms with van der Waals surface area (Å²) < 4.78 is 5.37. The van der Waals surface area contributed by atoms with Crippen molar-refractivity contribution >= 4 is 0 Å². The standard InChI is InChI=1S/C23H40O2/c1-2-3-4-5-6-7-8-9-10-11-12-13-14-15-18-21-25-23(24)22-19-16-17-20-22/h16-17,19-20,24H,2-15,18,21H2,1H3. The number of ether oxygens (including phenoxy) is 1. The Balaban J connectivity index is 1.74. The molecular weight excluding hydrogens is 308 g/mol. The van der Waals surface area contributed by atoms with Crippen LogP contribution >= 0.6 is 0 Å². The molecule has 1 N–H and O–H groups in total. The zero-order chi connectivity index (χ0) is 18.0. The van der Waals surface area contributed by atoms with Gasteiger partial charge in [0.25, 0.3) is 5.95 Å². The van der Waals surface area contributed by atoms with E-state index in [1.807, 2.05) is 24.3 Å². The van der Waals surface area contributed by atoms with Gasteiger partial charge in [0.15, 0.2) is 0 Å². The van der Waals surface area contributed by atoms with Crippen LogP contribution in [0.2, 0.25) is 0 Å². The Hall–Kier alpha value is -1.18. The van der Waals surface area contributed by atoms with Crippen molar-refractivity contribution in [1.82, 2.24) is 0 Å². The molecule has 144 valence electrons. The summed E-state index contributed by atoms with van der Waals surface area (Å²) in [6.45, 7) is 2.90. The molecule has 25 heavy (non-hydrogen) atoms. The molecule has 0 spiro atoms. The lowest BCUT2D eigenvalue weighted by molar-refractivity contribution is 0.0885. The molecular formula is C23H40O2. The summed E-state index contributed by atoms with van der Waals surface area (Å²) in [5.74, 6) is 0.0652. The third-order valence-corrected chi connectivity index (χ3v) is 4.90. The molecule has 0 aromatic heterocycles. The van der Waals surface area contributed by atoms with Gasteiger partial charge in [-0.2, -0.15) is 0 Å². The molecule has 2 nitrogen and oxygen atoms in total. The van der Waals surface area contributed by atoms with Gasteiger partial charge >= 0.3 is 0 Å². The molecule has 1 rings (SSSR count). The molecule has 0 bridgehead atoms. The van der Waals surface area contributed by atoms with E-state index in [1.165, 1.54) is 89.9 Å². The van der Waals surface area contributed by atoms with Gasteiger partial charge in [-0.25, -0.2) is 0 Å². The number of aliphatic hydroxyl groups excluding tert-OH is 1. The van der Waals surface area contributed by atoms with Gasteiger partial charge in [0.1, 0.15) is 0 Å². The lowest BCUT2D eigenvalue weighted by Crippen LogP contribution is -1.96. The Bertz CT molecular complexity index is 379. The van der Waals surface area contributed by atoms with Crippen molar-refractivity contribution in [3.05, 3.63) is 35.8 Å². The summed E-state index contributed by atoms with van der Waals surface area (Å²) in [5.41, 5.74) is 0.779. The Morgan fingerprint density at radius 1 is 0.680 bits per heavy atom. The minimum Gasteiger partial charge on any atom is -0.481 e. The number of allylic oxidation sites excluding steroid dienone is 5. The van der Waals surface area contributed by atoms with E-state index in [0.29, 0.717) is 6.61 Å². The molecule has 2 heteroatoms. The Morgan fingerprint density at radius 3 is 1.52 bits per heavy atom. The normalized spacial score (nSPS) is 12.9. The van der Waals surface area contributed by atoms with Gasteiger partial charge in [-0.1, -0.05) is 109 Å². The van der Waals surface area contributed by atoms with Crippen molar-refractivity contribution in [2.24, 2.45) is 0 Å². The fourth-order valence-corrected chi connectivity index (χ4v) is 3.24. The maximum absolute atomic E-state index is 9.72. The monoisotopic (exact) mass is 348 g/mol. The van der Waals surface area contributed by atoms with E-state index in [4.69, 9.17) is 4.74 Å². The molecule has 0 aromatic carbocycles. The van der Waals surface area contributed by atoms with Crippen LogP contribution in [-0.2, 0) is 4.74 Å². The Labute approximate surface area is 156 Å². The molecule has 0 unspecified atom stereocenters. The highest BCUT2D eigenvalue weighted by Gasteiger charge is 2.03. The zero-order valence-corrected chi connectivity index (χ0v) is 16.5. The van der Waals surface area contributed by atoms with Gasteiger partial charge in [0.2, 0.25) is 0 Å². The van der Waals surface area contributed by atoms with Crippen LogP contribution in [0.3, 0.4) is 0 Å². The van der Waals surface area contributed by atoms with Gasteiger partial charge in [-0.3, -0.25) is 0 Å². The average Bonchev–Trinajstić information content (AvgIpc) is 3.16. The largest absolute Gasteiger partial charge is 0.481 e. The third-order valence-electron chi connectivity index (χ3n) is 4.90. The zero-order valence-electron chi connectivity index (χ0n) is 16.5. The van der Waals surface area contributed by atoms with Crippen LogP contribution in [0.15, 0.2) is 35.8 Å². The van der Waals surface area contributed by atoms with Gasteiger partial charge in [-0.05, 0) is 18.6 Å². The van der Waals surface area contributed by atoms with Crippen LogP contribution < -0.4 is 0 Å². The fourth-order valence-electron chi connectivity index (χ4n) is 3.24. The maximum Gasteiger partial charge on any atom is 0.284 e. The highest BCUT2D eigenvalue weighted by atomic mass is 16.6. The predicted octanol–water partition coefficient (Wildman–Crippen LogP) is 7.77. The first kappa shape index (κ1) is 21.9. The second-order valence-corrected chi connectivity index (χ2v) is 7.28. The van der Waals surface area contributed by atoms with E-state index in [9.17, 15) is 5.11 Å². The fraction of sp³-hybridized carbons (Fsp3) is 0.739. The molecule has 0 heterocycles. The van der Waals surface area contributed by atoms with E-state index < -0.39 is 0 Å². The quantitative estimate of drug-likeness (QED) is 0.215. The minimum atomic E-state index is 0.0652. The van der Waals surface area contributed by atoms with Crippen molar-refractivity contribution in [1.29, 1.82) is 0 Å². The summed E-state index contributed by atoms with van der Waals surface area (Å²) in [4.78, 5) is 0. The van der Waals surface area contributed by atoms with Crippen LogP contribution in [0.5, 0.6) is 0 Å². The minimum absolute atomic E-state index is 0.0652. The number of hydrogen-bond acceptors (Lipinski definition) is 2. The van der Waals surface area contributed by atoms with Crippen LogP contribution in [0.25, 0.3) is 0 Å². The summed E-state index contributed by atoms with van der Waals surface area (Å²) in [5, 5.41) is 9.72. The number of rotatable bonds is 17. The maximum atomic E-state index is 9.72. The van der Waals surface area contributed by atoms with Crippen LogP contribution in [0.4, 0.5) is 0 Å². The predicted molar refractivity (Wildman–Crippen MR) is 109 cm³/mol. The van der Waals surface area contributed by atoms with Crippen LogP contribution in [0, 0.1) is 0 Å². The van der Waals surface area contributed by atoms with Crippen molar-refractivity contribution in [3.8, 4) is 0 Å². The summed E-state index contributed by atoms with van der Waals surface area (Å²) >= 11 is 0. The van der Waals surface area contributed by atoms with Gasteiger partial charge in [-0.15, -0.1) is 0 Å². The summed E-state index contributed by atoms with van der Waals surface area (Å²) in [6, 6.07) is 0. The first-order valence-corrected chi connectivity index (χ1v) is 10.8. The molecule has 0 saturated carbocycles. The number of unbranched alkanes of at least 4 members (excludes halogenated alkanes) is 14. The van der Waals surface area contributed by atoms with E-state index >= 15 is 0 Å². The van der Waals surface area contributed by atoms with Crippen LogP contribution in [0.1, 0.15) is 103 Å². The van der Waals surface area contributed by atoms with E-state index in [1.54, 1.807) is 0 Å². The van der Waals surface area contributed by atoms with Gasteiger partial charge in [0.05, 0.1) is 12.2 Å². The highest BCUT2D eigenvalue weighted by molar-refractivity contribution is 5.40. The molecule has 0 aromatic rings. The van der Waals surface area contributed by atoms with E-state index in [2.05, 4.69) is 6.92 Å². The lowest BCUT2D eigenvalue weighted by atomic mass is 10.0. The lowest BCUT2D eigenvalue weighted by Gasteiger charge is -2.06. The average molecular weight is 349 g/mol. The molecule has 0 atom stereocenters. The molecule has 0 saturated heterocycles. The molecule has 0 fully saturated rings. The molecule has 1 aliphatic rings. The summed E-state index contributed by atoms with van der Waals surface area (Å²) in [6.07, 6.45) is 28.0. The number of aliphatic hydroxyl groups is 1. The Kier molecular flexibility index (Phi) is 14.3. The van der Waals surface area contributed by atoms with Crippen molar-refractivity contribution in [2.45, 2.75) is 103 Å². The first-order chi connectivity index (χ1) is 12.3. The van der Waals surface area contributed by atoms with Crippen molar-refractivity contribution in [2.75, 3.05) is 6.61 Å². The van der Waals surface area contributed by atoms with E-state index in [0.717, 1.165) is 12.0 Å². The Morgan fingerprint density at radius 2 is 1.08 bits per heavy atom. The molecule has 0 amide bonds. The second-order valence-electron chi connectivity index (χ2n) is 7.28. The molecule has 0 aliphatic heterocycles. The molecule has 0 radical (unpaired) electrons. The topological polar surface area (TPSA) is 29.5 Å². The van der Waals surface area contributed by atoms with Crippen LogP contribution in [-0.4, -0.2) is 11.7 Å². The number of hydrogen-bond donors (Lipinski definition) is 1. The van der Waals surface area contributed by atoms with E-state index in [-0.39, 0.29) is 5.95 Å². The second kappa shape index (κ2) is 16.3. The molecule has 1 aliphatic carbocycles. The highest BCUT2D eigenvalue weighted by Crippen LogP contribution is 2.15. The van der Waals surface area contributed by atoms with Gasteiger partial charge < -0.3 is 9.84 Å².